The van der Waals surface area contributed by atoms with Gasteiger partial charge in [-0.2, -0.15) is 0 Å². The van der Waals surface area contributed by atoms with Gasteiger partial charge in [-0.15, -0.1) is 6.58 Å². The van der Waals surface area contributed by atoms with Crippen LogP contribution in [-0.4, -0.2) is 31.2 Å². The lowest BCUT2D eigenvalue weighted by molar-refractivity contribution is -0.0886. The van der Waals surface area contributed by atoms with Crippen molar-refractivity contribution in [3.8, 4) is 0 Å². The zero-order valence-electron chi connectivity index (χ0n) is 7.73. The first-order valence-electron chi connectivity index (χ1n) is 4.82. The zero-order valence-corrected chi connectivity index (χ0v) is 7.73. The summed E-state index contributed by atoms with van der Waals surface area (Å²) in [6, 6.07) is 0. The largest absolute Gasteiger partial charge is 0.364 e. The van der Waals surface area contributed by atoms with Gasteiger partial charge in [0.2, 0.25) is 0 Å². The number of hydrogen-bond acceptors (Lipinski definition) is 3. The fourth-order valence-electron chi connectivity index (χ4n) is 2.40. The Morgan fingerprint density at radius 3 is 3.00 bits per heavy atom. The third kappa shape index (κ3) is 1.15. The number of allylic oxidation sites excluding steroid dienone is 1. The minimum atomic E-state index is -0.0728. The molecule has 0 N–H and O–H groups in total. The van der Waals surface area contributed by atoms with Crippen LogP contribution in [0.2, 0.25) is 0 Å². The average molecular weight is 182 g/mol. The minimum absolute atomic E-state index is 0.0728. The fraction of sp³-hybridized carbons (Fsp3) is 0.800. The number of rotatable bonds is 2. The van der Waals surface area contributed by atoms with E-state index in [0.29, 0.717) is 12.0 Å². The van der Waals surface area contributed by atoms with Gasteiger partial charge >= 0.3 is 0 Å². The molecular weight excluding hydrogens is 168 g/mol. The summed E-state index contributed by atoms with van der Waals surface area (Å²) in [6.45, 7) is 6.72. The van der Waals surface area contributed by atoms with Crippen LogP contribution in [0.5, 0.6) is 0 Å². The van der Waals surface area contributed by atoms with Gasteiger partial charge in [0.15, 0.2) is 6.29 Å². The van der Waals surface area contributed by atoms with E-state index in [1.165, 1.54) is 5.57 Å². The Hall–Kier alpha value is -0.380. The van der Waals surface area contributed by atoms with Crippen molar-refractivity contribution < 1.29 is 14.2 Å². The van der Waals surface area contributed by atoms with E-state index >= 15 is 0 Å². The van der Waals surface area contributed by atoms with Crippen LogP contribution in [-0.2, 0) is 14.2 Å². The first-order chi connectivity index (χ1) is 6.25. The van der Waals surface area contributed by atoms with E-state index in [2.05, 4.69) is 13.5 Å². The molecule has 72 valence electrons. The van der Waals surface area contributed by atoms with Gasteiger partial charge in [0.1, 0.15) is 6.10 Å². The van der Waals surface area contributed by atoms with Crippen LogP contribution in [0.15, 0.2) is 12.2 Å². The molecule has 0 aliphatic carbocycles. The van der Waals surface area contributed by atoms with E-state index in [1.54, 1.807) is 0 Å². The van der Waals surface area contributed by atoms with Gasteiger partial charge in [-0.25, -0.2) is 0 Å². The lowest BCUT2D eigenvalue weighted by Crippen LogP contribution is -2.35. The van der Waals surface area contributed by atoms with Crippen LogP contribution >= 0.6 is 0 Å². The van der Waals surface area contributed by atoms with Crippen LogP contribution in [0.25, 0.3) is 0 Å². The molecule has 3 rings (SSSR count). The standard InChI is InChI=1S/C10H14O3/c1-5(2)3-6-7-4-11-10(12-7)9-8(6)13-9/h6-10H,1,3-4H2,2H3/t6-,7-,8+,9+,10-/m1/s1. The van der Waals surface area contributed by atoms with E-state index in [4.69, 9.17) is 14.2 Å². The summed E-state index contributed by atoms with van der Waals surface area (Å²) in [7, 11) is 0. The van der Waals surface area contributed by atoms with Gasteiger partial charge in [0.05, 0.1) is 18.8 Å². The summed E-state index contributed by atoms with van der Waals surface area (Å²) in [5.74, 6) is 0.473. The van der Waals surface area contributed by atoms with E-state index in [9.17, 15) is 0 Å². The van der Waals surface area contributed by atoms with Gasteiger partial charge < -0.3 is 14.2 Å². The van der Waals surface area contributed by atoms with Crippen molar-refractivity contribution in [3.63, 3.8) is 0 Å². The van der Waals surface area contributed by atoms with E-state index in [1.807, 2.05) is 0 Å². The molecule has 0 amide bonds. The average Bonchev–Trinajstić information content (AvgIpc) is 2.74. The molecule has 3 saturated heterocycles. The second-order valence-corrected chi connectivity index (χ2v) is 4.27. The lowest BCUT2D eigenvalue weighted by Gasteiger charge is -2.23. The summed E-state index contributed by atoms with van der Waals surface area (Å²) in [4.78, 5) is 0. The van der Waals surface area contributed by atoms with Crippen LogP contribution in [0.4, 0.5) is 0 Å². The van der Waals surface area contributed by atoms with Gasteiger partial charge in [-0.1, -0.05) is 5.57 Å². The summed E-state index contributed by atoms with van der Waals surface area (Å²) in [5, 5.41) is 0. The number of hydrogen-bond donors (Lipinski definition) is 0. The maximum absolute atomic E-state index is 5.68. The summed E-state index contributed by atoms with van der Waals surface area (Å²) < 4.78 is 16.7. The number of fused-ring (bicyclic) bond motifs is 4. The SMILES string of the molecule is C=C(C)C[C@H]1[C@@H]2O[C@@H]2[C@@H]2OC[C@H]1O2. The van der Waals surface area contributed by atoms with E-state index < -0.39 is 0 Å². The molecule has 13 heavy (non-hydrogen) atoms. The molecule has 2 bridgehead atoms. The Balaban J connectivity index is 1.76. The third-order valence-electron chi connectivity index (χ3n) is 3.05. The molecule has 3 nitrogen and oxygen atoms in total. The molecule has 0 radical (unpaired) electrons. The molecule has 0 spiro atoms. The Kier molecular flexibility index (Phi) is 1.57. The molecule has 5 atom stereocenters. The predicted octanol–water partition coefficient (Wildman–Crippen LogP) is 1.09. The van der Waals surface area contributed by atoms with Gasteiger partial charge in [0, 0.05) is 5.92 Å². The van der Waals surface area contributed by atoms with Crippen LogP contribution < -0.4 is 0 Å². The molecule has 3 heterocycles. The van der Waals surface area contributed by atoms with Gasteiger partial charge in [-0.05, 0) is 13.3 Å². The number of epoxide rings is 1. The van der Waals surface area contributed by atoms with Crippen molar-refractivity contribution in [1.82, 2.24) is 0 Å². The smallest absolute Gasteiger partial charge is 0.186 e. The first kappa shape index (κ1) is 7.97. The lowest BCUT2D eigenvalue weighted by atomic mass is 9.89. The normalized spacial score (nSPS) is 51.6. The minimum Gasteiger partial charge on any atom is -0.364 e. The van der Waals surface area contributed by atoms with Crippen LogP contribution in [0.3, 0.4) is 0 Å². The van der Waals surface area contributed by atoms with Gasteiger partial charge in [0.25, 0.3) is 0 Å². The summed E-state index contributed by atoms with van der Waals surface area (Å²) in [6.07, 6.45) is 1.76. The Labute approximate surface area is 77.7 Å². The van der Waals surface area contributed by atoms with Crippen molar-refractivity contribution >= 4 is 0 Å². The Bertz CT molecular complexity index is 251. The Morgan fingerprint density at radius 1 is 1.38 bits per heavy atom. The molecule has 3 heteroatoms. The first-order valence-corrected chi connectivity index (χ1v) is 4.82. The second-order valence-electron chi connectivity index (χ2n) is 4.27. The third-order valence-corrected chi connectivity index (χ3v) is 3.05. The zero-order chi connectivity index (χ0) is 9.00. The molecule has 0 aromatic heterocycles. The topological polar surface area (TPSA) is 31.0 Å². The highest BCUT2D eigenvalue weighted by Crippen LogP contribution is 2.47. The quantitative estimate of drug-likeness (QED) is 0.473. The highest BCUT2D eigenvalue weighted by atomic mass is 16.8. The summed E-state index contributed by atoms with van der Waals surface area (Å²) in [5.41, 5.74) is 1.20. The van der Waals surface area contributed by atoms with Crippen molar-refractivity contribution in [2.45, 2.75) is 37.9 Å². The van der Waals surface area contributed by atoms with Crippen molar-refractivity contribution in [2.24, 2.45) is 5.92 Å². The fourth-order valence-corrected chi connectivity index (χ4v) is 2.40. The number of ether oxygens (including phenoxy) is 3. The van der Waals surface area contributed by atoms with Crippen LogP contribution in [0, 0.1) is 5.92 Å². The van der Waals surface area contributed by atoms with Crippen molar-refractivity contribution in [3.05, 3.63) is 12.2 Å². The molecular formula is C10H14O3. The maximum atomic E-state index is 5.68. The van der Waals surface area contributed by atoms with E-state index in [0.717, 1.165) is 13.0 Å². The van der Waals surface area contributed by atoms with Crippen LogP contribution in [0.1, 0.15) is 13.3 Å². The molecule has 3 aliphatic heterocycles. The highest BCUT2D eigenvalue weighted by molar-refractivity contribution is 5.07. The Morgan fingerprint density at radius 2 is 2.23 bits per heavy atom. The van der Waals surface area contributed by atoms with Crippen molar-refractivity contribution in [2.75, 3.05) is 6.61 Å². The monoisotopic (exact) mass is 182 g/mol. The molecule has 3 fully saturated rings. The van der Waals surface area contributed by atoms with Crippen molar-refractivity contribution in [1.29, 1.82) is 0 Å². The second kappa shape index (κ2) is 2.56. The molecule has 0 unspecified atom stereocenters. The van der Waals surface area contributed by atoms with E-state index in [-0.39, 0.29) is 18.5 Å². The predicted molar refractivity (Wildman–Crippen MR) is 46.2 cm³/mol. The molecule has 0 aromatic carbocycles. The molecule has 0 saturated carbocycles. The highest BCUT2D eigenvalue weighted by Gasteiger charge is 2.60. The molecule has 0 aromatic rings. The molecule has 3 aliphatic rings. The maximum Gasteiger partial charge on any atom is 0.186 e. The summed E-state index contributed by atoms with van der Waals surface area (Å²) >= 11 is 0. The van der Waals surface area contributed by atoms with Gasteiger partial charge in [-0.3, -0.25) is 0 Å².